The Morgan fingerprint density at radius 3 is 2.60 bits per heavy atom. The second kappa shape index (κ2) is 5.03. The SMILES string of the molecule is C=CC=Nc1cc2c(cc1N)CC(C(F)(F)C(=O)O)C2. The Kier molecular flexibility index (Phi) is 3.57. The first-order valence-electron chi connectivity index (χ1n) is 6.03. The zero-order chi connectivity index (χ0) is 14.9. The van der Waals surface area contributed by atoms with Crippen LogP contribution in [0.4, 0.5) is 20.2 Å². The van der Waals surface area contributed by atoms with Gasteiger partial charge in [-0.05, 0) is 36.1 Å². The van der Waals surface area contributed by atoms with Gasteiger partial charge in [-0.3, -0.25) is 4.99 Å². The van der Waals surface area contributed by atoms with E-state index in [9.17, 15) is 13.6 Å². The van der Waals surface area contributed by atoms with E-state index in [0.29, 0.717) is 22.5 Å². The van der Waals surface area contributed by atoms with Crippen molar-refractivity contribution in [1.29, 1.82) is 0 Å². The number of carboxylic acid groups (broad SMARTS) is 1. The molecule has 1 aromatic carbocycles. The molecular weight excluding hydrogens is 266 g/mol. The molecule has 1 aliphatic carbocycles. The average Bonchev–Trinajstić information content (AvgIpc) is 2.79. The van der Waals surface area contributed by atoms with Crippen molar-refractivity contribution < 1.29 is 18.7 Å². The highest BCUT2D eigenvalue weighted by Gasteiger charge is 2.49. The molecule has 4 nitrogen and oxygen atoms in total. The number of halogens is 2. The number of allylic oxidation sites excluding steroid dienone is 1. The highest BCUT2D eigenvalue weighted by molar-refractivity contribution is 5.79. The number of nitrogens with two attached hydrogens (primary N) is 1. The molecule has 20 heavy (non-hydrogen) atoms. The molecule has 1 atom stereocenters. The van der Waals surface area contributed by atoms with Crippen LogP contribution in [0.2, 0.25) is 0 Å². The van der Waals surface area contributed by atoms with E-state index in [1.165, 1.54) is 12.3 Å². The van der Waals surface area contributed by atoms with E-state index in [4.69, 9.17) is 10.8 Å². The summed E-state index contributed by atoms with van der Waals surface area (Å²) >= 11 is 0. The number of anilines is 1. The molecule has 1 unspecified atom stereocenters. The summed E-state index contributed by atoms with van der Waals surface area (Å²) in [5.74, 6) is -7.07. The number of aliphatic imine (C=N–C) groups is 1. The molecule has 3 N–H and O–H groups in total. The number of hydrogen-bond donors (Lipinski definition) is 2. The molecule has 0 heterocycles. The van der Waals surface area contributed by atoms with Gasteiger partial charge in [0.1, 0.15) is 0 Å². The molecule has 0 spiro atoms. The fraction of sp³-hybridized carbons (Fsp3) is 0.286. The van der Waals surface area contributed by atoms with Crippen LogP contribution in [0.1, 0.15) is 11.1 Å². The van der Waals surface area contributed by atoms with Crippen LogP contribution in [0.25, 0.3) is 0 Å². The van der Waals surface area contributed by atoms with Crippen LogP contribution in [-0.2, 0) is 17.6 Å². The maximum absolute atomic E-state index is 13.5. The number of benzene rings is 1. The van der Waals surface area contributed by atoms with Crippen molar-refractivity contribution in [3.8, 4) is 0 Å². The van der Waals surface area contributed by atoms with Crippen LogP contribution in [0.15, 0.2) is 29.8 Å². The van der Waals surface area contributed by atoms with Gasteiger partial charge in [-0.15, -0.1) is 0 Å². The lowest BCUT2D eigenvalue weighted by molar-refractivity contribution is -0.172. The van der Waals surface area contributed by atoms with Crippen molar-refractivity contribution >= 4 is 23.6 Å². The maximum atomic E-state index is 13.5. The van der Waals surface area contributed by atoms with E-state index >= 15 is 0 Å². The zero-order valence-electron chi connectivity index (χ0n) is 10.6. The minimum Gasteiger partial charge on any atom is -0.477 e. The summed E-state index contributed by atoms with van der Waals surface area (Å²) in [6, 6.07) is 3.21. The van der Waals surface area contributed by atoms with Crippen molar-refractivity contribution in [2.24, 2.45) is 10.9 Å². The Hall–Kier alpha value is -2.24. The van der Waals surface area contributed by atoms with Crippen LogP contribution in [0.3, 0.4) is 0 Å². The minimum atomic E-state index is -3.74. The predicted octanol–water partition coefficient (Wildman–Crippen LogP) is 2.59. The summed E-state index contributed by atoms with van der Waals surface area (Å²) in [7, 11) is 0. The lowest BCUT2D eigenvalue weighted by Crippen LogP contribution is -2.37. The quantitative estimate of drug-likeness (QED) is 0.657. The first-order valence-corrected chi connectivity index (χ1v) is 6.03. The van der Waals surface area contributed by atoms with Crippen LogP contribution in [-0.4, -0.2) is 23.2 Å². The Morgan fingerprint density at radius 2 is 2.05 bits per heavy atom. The fourth-order valence-electron chi connectivity index (χ4n) is 2.35. The van der Waals surface area contributed by atoms with Gasteiger partial charge in [0.2, 0.25) is 0 Å². The number of aliphatic carboxylic acids is 1. The summed E-state index contributed by atoms with van der Waals surface area (Å²) in [5, 5.41) is 8.60. The van der Waals surface area contributed by atoms with E-state index in [1.54, 1.807) is 12.1 Å². The molecule has 0 amide bonds. The number of nitrogen functional groups attached to an aromatic ring is 1. The van der Waals surface area contributed by atoms with Crippen LogP contribution in [0.5, 0.6) is 0 Å². The normalized spacial score (nSPS) is 18.2. The molecule has 1 aromatic rings. The lowest BCUT2D eigenvalue weighted by atomic mass is 9.98. The lowest BCUT2D eigenvalue weighted by Gasteiger charge is -2.17. The van der Waals surface area contributed by atoms with Crippen LogP contribution >= 0.6 is 0 Å². The van der Waals surface area contributed by atoms with Crippen molar-refractivity contribution in [1.82, 2.24) is 0 Å². The number of alkyl halides is 2. The topological polar surface area (TPSA) is 75.7 Å². The Balaban J connectivity index is 2.31. The molecule has 0 fully saturated rings. The van der Waals surface area contributed by atoms with Gasteiger partial charge in [0.15, 0.2) is 0 Å². The van der Waals surface area contributed by atoms with E-state index in [2.05, 4.69) is 11.6 Å². The first-order chi connectivity index (χ1) is 9.36. The number of rotatable bonds is 4. The molecule has 0 saturated carbocycles. The number of nitrogens with zero attached hydrogens (tertiary/aromatic N) is 1. The van der Waals surface area contributed by atoms with Gasteiger partial charge >= 0.3 is 11.9 Å². The van der Waals surface area contributed by atoms with Gasteiger partial charge in [0.25, 0.3) is 0 Å². The molecule has 106 valence electrons. The fourth-order valence-corrected chi connectivity index (χ4v) is 2.35. The maximum Gasteiger partial charge on any atom is 0.374 e. The third kappa shape index (κ3) is 2.41. The molecule has 1 aliphatic rings. The molecule has 0 saturated heterocycles. The summed E-state index contributed by atoms with van der Waals surface area (Å²) < 4.78 is 27.1. The molecule has 2 rings (SSSR count). The van der Waals surface area contributed by atoms with Crippen molar-refractivity contribution in [2.75, 3.05) is 5.73 Å². The smallest absolute Gasteiger partial charge is 0.374 e. The molecule has 0 aliphatic heterocycles. The molecule has 0 aromatic heterocycles. The number of hydrogen-bond acceptors (Lipinski definition) is 3. The minimum absolute atomic E-state index is 0.00425. The van der Waals surface area contributed by atoms with Crippen molar-refractivity contribution in [3.05, 3.63) is 35.9 Å². The Bertz CT molecular complexity index is 597. The number of fused-ring (bicyclic) bond motifs is 1. The van der Waals surface area contributed by atoms with Gasteiger partial charge in [-0.25, -0.2) is 4.79 Å². The van der Waals surface area contributed by atoms with Crippen LogP contribution in [0, 0.1) is 5.92 Å². The van der Waals surface area contributed by atoms with Gasteiger partial charge < -0.3 is 10.8 Å². The Labute approximate surface area is 114 Å². The van der Waals surface area contributed by atoms with Crippen molar-refractivity contribution in [2.45, 2.75) is 18.8 Å². The number of carboxylic acids is 1. The van der Waals surface area contributed by atoms with Crippen molar-refractivity contribution in [3.63, 3.8) is 0 Å². The standard InChI is InChI=1S/C14H14F2N2O2/c1-2-3-18-12-7-9-5-10(14(15,16)13(19)20)4-8(9)6-11(12)17/h2-3,6-7,10H,1,4-5,17H2,(H,19,20). The van der Waals surface area contributed by atoms with E-state index in [-0.39, 0.29) is 12.8 Å². The molecule has 6 heteroatoms. The summed E-state index contributed by atoms with van der Waals surface area (Å²) in [6.07, 6.45) is 2.94. The highest BCUT2D eigenvalue weighted by atomic mass is 19.3. The molecule has 0 radical (unpaired) electrons. The van der Waals surface area contributed by atoms with Gasteiger partial charge in [-0.1, -0.05) is 12.7 Å². The van der Waals surface area contributed by atoms with E-state index in [1.807, 2.05) is 0 Å². The Morgan fingerprint density at radius 1 is 1.45 bits per heavy atom. The third-order valence-corrected chi connectivity index (χ3v) is 3.40. The zero-order valence-corrected chi connectivity index (χ0v) is 10.6. The van der Waals surface area contributed by atoms with E-state index in [0.717, 1.165) is 0 Å². The predicted molar refractivity (Wildman–Crippen MR) is 72.7 cm³/mol. The molecule has 0 bridgehead atoms. The second-order valence-electron chi connectivity index (χ2n) is 4.73. The summed E-state index contributed by atoms with van der Waals surface area (Å²) in [6.45, 7) is 3.49. The van der Waals surface area contributed by atoms with E-state index < -0.39 is 17.8 Å². The summed E-state index contributed by atoms with van der Waals surface area (Å²) in [5.41, 5.74) is 7.97. The molecular formula is C14H14F2N2O2. The first kappa shape index (κ1) is 14.2. The van der Waals surface area contributed by atoms with Gasteiger partial charge in [0, 0.05) is 12.1 Å². The largest absolute Gasteiger partial charge is 0.477 e. The number of carbonyl (C=O) groups is 1. The monoisotopic (exact) mass is 280 g/mol. The summed E-state index contributed by atoms with van der Waals surface area (Å²) in [4.78, 5) is 14.7. The average molecular weight is 280 g/mol. The second-order valence-corrected chi connectivity index (χ2v) is 4.73. The van der Waals surface area contributed by atoms with Gasteiger partial charge in [0.05, 0.1) is 11.4 Å². The van der Waals surface area contributed by atoms with Gasteiger partial charge in [-0.2, -0.15) is 8.78 Å². The van der Waals surface area contributed by atoms with Crippen LogP contribution < -0.4 is 5.73 Å². The highest BCUT2D eigenvalue weighted by Crippen LogP contribution is 2.40. The third-order valence-electron chi connectivity index (χ3n) is 3.40.